The molecule has 1 aliphatic heterocycles. The Bertz CT molecular complexity index is 934. The molecule has 1 aliphatic rings. The molecule has 27 heavy (non-hydrogen) atoms. The van der Waals surface area contributed by atoms with Gasteiger partial charge in [-0.3, -0.25) is 9.69 Å². The second kappa shape index (κ2) is 7.37. The van der Waals surface area contributed by atoms with Crippen LogP contribution >= 0.6 is 0 Å². The number of anilines is 1. The summed E-state index contributed by atoms with van der Waals surface area (Å²) in [5, 5.41) is 4.46. The fourth-order valence-corrected chi connectivity index (χ4v) is 3.61. The fraction of sp³-hybridized carbons (Fsp3) is 0.273. The molecule has 138 valence electrons. The number of piperazine rings is 1. The Morgan fingerprint density at radius 2 is 1.81 bits per heavy atom. The molecule has 3 aromatic rings. The number of carbonyl (C=O) groups is 1. The number of nitrogens with zero attached hydrogens (tertiary/aromatic N) is 4. The molecule has 5 nitrogen and oxygen atoms in total. The summed E-state index contributed by atoms with van der Waals surface area (Å²) in [6.07, 6.45) is 3.93. The van der Waals surface area contributed by atoms with Gasteiger partial charge in [-0.15, -0.1) is 0 Å². The van der Waals surface area contributed by atoms with Crippen LogP contribution in [0.5, 0.6) is 0 Å². The Hall–Kier alpha value is -2.92. The molecule has 1 saturated heterocycles. The number of carbonyl (C=O) groups excluding carboxylic acids is 1. The van der Waals surface area contributed by atoms with E-state index in [0.29, 0.717) is 13.1 Å². The molecule has 1 fully saturated rings. The molecule has 0 radical (unpaired) electrons. The van der Waals surface area contributed by atoms with Gasteiger partial charge in [-0.25, -0.2) is 4.68 Å². The summed E-state index contributed by atoms with van der Waals surface area (Å²) < 4.78 is 1.88. The van der Waals surface area contributed by atoms with Crippen molar-refractivity contribution in [2.75, 3.05) is 18.0 Å². The van der Waals surface area contributed by atoms with E-state index in [4.69, 9.17) is 0 Å². The smallest absolute Gasteiger partial charge is 0.241 e. The minimum atomic E-state index is 0.151. The van der Waals surface area contributed by atoms with Crippen molar-refractivity contribution in [2.45, 2.75) is 26.4 Å². The average Bonchev–Trinajstić information content (AvgIpc) is 3.14. The highest BCUT2D eigenvalue weighted by atomic mass is 16.2. The fourth-order valence-electron chi connectivity index (χ4n) is 3.61. The molecule has 0 aliphatic carbocycles. The third-order valence-corrected chi connectivity index (χ3v) is 5.16. The van der Waals surface area contributed by atoms with E-state index in [1.165, 1.54) is 0 Å². The van der Waals surface area contributed by atoms with Crippen molar-refractivity contribution in [3.05, 3.63) is 78.1 Å². The second-order valence-corrected chi connectivity index (χ2v) is 7.17. The first-order valence-electron chi connectivity index (χ1n) is 9.31. The molecule has 0 bridgehead atoms. The largest absolute Gasteiger partial charge is 0.309 e. The van der Waals surface area contributed by atoms with Crippen LogP contribution in [0.1, 0.15) is 18.1 Å². The van der Waals surface area contributed by atoms with Gasteiger partial charge in [-0.05, 0) is 37.6 Å². The highest BCUT2D eigenvalue weighted by Gasteiger charge is 2.31. The Morgan fingerprint density at radius 1 is 1.07 bits per heavy atom. The summed E-state index contributed by atoms with van der Waals surface area (Å²) in [4.78, 5) is 16.9. The zero-order valence-electron chi connectivity index (χ0n) is 15.7. The van der Waals surface area contributed by atoms with Crippen LogP contribution in [0.2, 0.25) is 0 Å². The van der Waals surface area contributed by atoms with Crippen LogP contribution in [-0.2, 0) is 11.3 Å². The van der Waals surface area contributed by atoms with Gasteiger partial charge in [0.15, 0.2) is 0 Å². The highest BCUT2D eigenvalue weighted by molar-refractivity contribution is 5.96. The Balaban J connectivity index is 1.47. The highest BCUT2D eigenvalue weighted by Crippen LogP contribution is 2.24. The van der Waals surface area contributed by atoms with Crippen LogP contribution in [0.4, 0.5) is 5.69 Å². The van der Waals surface area contributed by atoms with Crippen LogP contribution in [0.25, 0.3) is 5.69 Å². The first-order chi connectivity index (χ1) is 13.1. The van der Waals surface area contributed by atoms with Crippen molar-refractivity contribution in [3.8, 4) is 5.69 Å². The van der Waals surface area contributed by atoms with Crippen molar-refractivity contribution in [2.24, 2.45) is 0 Å². The number of rotatable bonds is 4. The van der Waals surface area contributed by atoms with E-state index in [1.807, 2.05) is 70.5 Å². The molecule has 4 rings (SSSR count). The number of aromatic nitrogens is 2. The maximum Gasteiger partial charge on any atom is 0.241 e. The van der Waals surface area contributed by atoms with Crippen molar-refractivity contribution < 1.29 is 4.79 Å². The summed E-state index contributed by atoms with van der Waals surface area (Å²) in [7, 11) is 0. The predicted molar refractivity (Wildman–Crippen MR) is 107 cm³/mol. The maximum atomic E-state index is 12.8. The van der Waals surface area contributed by atoms with Crippen LogP contribution in [0.15, 0.2) is 67.0 Å². The number of benzene rings is 2. The van der Waals surface area contributed by atoms with Gasteiger partial charge in [-0.1, -0.05) is 36.4 Å². The Labute approximate surface area is 159 Å². The van der Waals surface area contributed by atoms with Crippen LogP contribution in [0, 0.1) is 6.92 Å². The summed E-state index contributed by atoms with van der Waals surface area (Å²) >= 11 is 0. The van der Waals surface area contributed by atoms with E-state index in [9.17, 15) is 4.79 Å². The molecule has 1 unspecified atom stereocenters. The molecule has 1 aromatic heterocycles. The maximum absolute atomic E-state index is 12.8. The molecule has 5 heteroatoms. The minimum absolute atomic E-state index is 0.151. The molecule has 2 aromatic carbocycles. The van der Waals surface area contributed by atoms with Gasteiger partial charge in [0.2, 0.25) is 5.91 Å². The topological polar surface area (TPSA) is 41.4 Å². The van der Waals surface area contributed by atoms with Crippen molar-refractivity contribution in [1.29, 1.82) is 0 Å². The minimum Gasteiger partial charge on any atom is -0.309 e. The SMILES string of the molecule is Cc1ccccc1N1CC(C)N(Cc2cnn(-c3ccccc3)c2)CC1=O. The lowest BCUT2D eigenvalue weighted by molar-refractivity contribution is -0.122. The average molecular weight is 360 g/mol. The van der Waals surface area contributed by atoms with E-state index in [2.05, 4.69) is 29.9 Å². The Morgan fingerprint density at radius 3 is 2.59 bits per heavy atom. The normalized spacial score (nSPS) is 18.1. The first kappa shape index (κ1) is 17.5. The Kier molecular flexibility index (Phi) is 4.77. The van der Waals surface area contributed by atoms with Gasteiger partial charge >= 0.3 is 0 Å². The summed E-state index contributed by atoms with van der Waals surface area (Å²) in [6.45, 7) is 6.08. The molecule has 1 atom stereocenters. The van der Waals surface area contributed by atoms with E-state index < -0.39 is 0 Å². The van der Waals surface area contributed by atoms with Gasteiger partial charge in [0.1, 0.15) is 0 Å². The molecule has 2 heterocycles. The van der Waals surface area contributed by atoms with E-state index >= 15 is 0 Å². The molecule has 0 N–H and O–H groups in total. The number of aryl methyl sites for hydroxylation is 1. The molecule has 0 saturated carbocycles. The van der Waals surface area contributed by atoms with Gasteiger partial charge in [0.25, 0.3) is 0 Å². The van der Waals surface area contributed by atoms with Gasteiger partial charge < -0.3 is 4.90 Å². The van der Waals surface area contributed by atoms with E-state index in [-0.39, 0.29) is 11.9 Å². The molecular formula is C22H24N4O. The first-order valence-corrected chi connectivity index (χ1v) is 9.31. The lowest BCUT2D eigenvalue weighted by Crippen LogP contribution is -2.55. The summed E-state index contributed by atoms with van der Waals surface area (Å²) in [6, 6.07) is 18.4. The number of para-hydroxylation sites is 2. The number of hydrogen-bond acceptors (Lipinski definition) is 3. The zero-order chi connectivity index (χ0) is 18.8. The number of amides is 1. The third kappa shape index (κ3) is 3.64. The van der Waals surface area contributed by atoms with Crippen LogP contribution in [0.3, 0.4) is 0 Å². The zero-order valence-corrected chi connectivity index (χ0v) is 15.7. The summed E-state index contributed by atoms with van der Waals surface area (Å²) in [5.74, 6) is 0.151. The quantitative estimate of drug-likeness (QED) is 0.716. The van der Waals surface area contributed by atoms with Gasteiger partial charge in [0, 0.05) is 36.6 Å². The molecular weight excluding hydrogens is 336 g/mol. The predicted octanol–water partition coefficient (Wildman–Crippen LogP) is 3.42. The molecule has 0 spiro atoms. The van der Waals surface area contributed by atoms with Crippen LogP contribution in [-0.4, -0.2) is 39.7 Å². The van der Waals surface area contributed by atoms with Gasteiger partial charge in [-0.2, -0.15) is 5.10 Å². The monoisotopic (exact) mass is 360 g/mol. The van der Waals surface area contributed by atoms with E-state index in [0.717, 1.165) is 29.0 Å². The van der Waals surface area contributed by atoms with E-state index in [1.54, 1.807) is 0 Å². The molecule has 1 amide bonds. The van der Waals surface area contributed by atoms with Crippen molar-refractivity contribution >= 4 is 11.6 Å². The lowest BCUT2D eigenvalue weighted by atomic mass is 10.1. The number of hydrogen-bond donors (Lipinski definition) is 0. The van der Waals surface area contributed by atoms with Gasteiger partial charge in [0.05, 0.1) is 18.4 Å². The summed E-state index contributed by atoms with van der Waals surface area (Å²) in [5.41, 5.74) is 4.31. The standard InChI is InChI=1S/C22H24N4O/c1-17-8-6-7-11-21(17)25-13-18(2)24(16-22(25)27)14-19-12-23-26(15-19)20-9-4-3-5-10-20/h3-12,15,18H,13-14,16H2,1-2H3. The lowest BCUT2D eigenvalue weighted by Gasteiger charge is -2.39. The third-order valence-electron chi connectivity index (χ3n) is 5.16. The van der Waals surface area contributed by atoms with Crippen molar-refractivity contribution in [3.63, 3.8) is 0 Å². The second-order valence-electron chi connectivity index (χ2n) is 7.17. The van der Waals surface area contributed by atoms with Crippen molar-refractivity contribution in [1.82, 2.24) is 14.7 Å². The van der Waals surface area contributed by atoms with Crippen LogP contribution < -0.4 is 4.90 Å².